The number of likely N-dealkylation sites (tertiary alicyclic amines) is 1. The van der Waals surface area contributed by atoms with Gasteiger partial charge in [0.05, 0.1) is 23.4 Å². The number of hydrogen-bond donors (Lipinski definition) is 2. The molecule has 0 unspecified atom stereocenters. The molecule has 0 aliphatic carbocycles. The minimum atomic E-state index is -2.62. The molecule has 0 bridgehead atoms. The summed E-state index contributed by atoms with van der Waals surface area (Å²) < 4.78 is 27.4. The summed E-state index contributed by atoms with van der Waals surface area (Å²) in [5.41, 5.74) is 7.52. The van der Waals surface area contributed by atoms with Crippen LogP contribution < -0.4 is 0 Å². The quantitative estimate of drug-likeness (QED) is 0.221. The molecule has 1 aliphatic rings. The Bertz CT molecular complexity index is 1690. The van der Waals surface area contributed by atoms with E-state index in [9.17, 15) is 8.78 Å². The van der Waals surface area contributed by atoms with E-state index in [0.29, 0.717) is 18.8 Å². The molecule has 9 heteroatoms. The second kappa shape index (κ2) is 9.74. The lowest BCUT2D eigenvalue weighted by Crippen LogP contribution is -2.26. The Morgan fingerprint density at radius 1 is 1.26 bits per heavy atom. The van der Waals surface area contributed by atoms with Crippen molar-refractivity contribution in [2.45, 2.75) is 19.3 Å². The maximum absolute atomic E-state index is 13.7. The molecule has 6 rings (SSSR count). The van der Waals surface area contributed by atoms with Gasteiger partial charge in [0.15, 0.2) is 0 Å². The number of aromatic amines is 2. The topological polar surface area (TPSA) is 73.5 Å². The second-order valence-corrected chi connectivity index (χ2v) is 10.4. The van der Waals surface area contributed by atoms with E-state index in [0.717, 1.165) is 50.2 Å². The first kappa shape index (κ1) is 24.4. The van der Waals surface area contributed by atoms with E-state index in [4.69, 9.17) is 4.98 Å². The second-order valence-electron chi connectivity index (χ2n) is 9.43. The summed E-state index contributed by atoms with van der Waals surface area (Å²) in [5.74, 6) is -2.62. The predicted octanol–water partition coefficient (Wildman–Crippen LogP) is 7.09. The number of allylic oxidation sites excluding steroid dienone is 3. The van der Waals surface area contributed by atoms with E-state index >= 15 is 0 Å². The van der Waals surface area contributed by atoms with Gasteiger partial charge in [0.2, 0.25) is 0 Å². The van der Waals surface area contributed by atoms with Crippen molar-refractivity contribution >= 4 is 39.0 Å². The number of aromatic nitrogens is 5. The number of hydrogen-bond acceptors (Lipinski definition) is 5. The molecule has 0 spiro atoms. The van der Waals surface area contributed by atoms with Crippen molar-refractivity contribution in [1.29, 1.82) is 0 Å². The number of halogens is 2. The molecule has 0 amide bonds. The summed E-state index contributed by atoms with van der Waals surface area (Å²) in [6.45, 7) is 6.42. The van der Waals surface area contributed by atoms with Gasteiger partial charge in [-0.25, -0.2) is 18.7 Å². The molecule has 6 heterocycles. The lowest BCUT2D eigenvalue weighted by atomic mass is 10.1. The van der Waals surface area contributed by atoms with Crippen LogP contribution in [-0.4, -0.2) is 55.6 Å². The summed E-state index contributed by atoms with van der Waals surface area (Å²) in [6.07, 6.45) is 7.37. The van der Waals surface area contributed by atoms with E-state index in [-0.39, 0.29) is 13.0 Å². The highest BCUT2D eigenvalue weighted by Crippen LogP contribution is 2.35. The van der Waals surface area contributed by atoms with E-state index in [1.54, 1.807) is 22.3 Å². The van der Waals surface area contributed by atoms with Gasteiger partial charge in [0, 0.05) is 41.5 Å². The molecule has 0 atom stereocenters. The van der Waals surface area contributed by atoms with Crippen molar-refractivity contribution in [2.75, 3.05) is 19.6 Å². The van der Waals surface area contributed by atoms with Crippen LogP contribution in [0.5, 0.6) is 0 Å². The Balaban J connectivity index is 1.35. The molecule has 1 saturated heterocycles. The van der Waals surface area contributed by atoms with Crippen molar-refractivity contribution in [3.05, 3.63) is 84.0 Å². The van der Waals surface area contributed by atoms with Crippen LogP contribution in [0.1, 0.15) is 19.0 Å². The van der Waals surface area contributed by atoms with E-state index in [1.165, 1.54) is 4.88 Å². The number of fused-ring (bicyclic) bond motifs is 2. The molecule has 6 nitrogen and oxygen atoms in total. The third-order valence-electron chi connectivity index (χ3n) is 6.85. The minimum Gasteiger partial charge on any atom is -0.338 e. The van der Waals surface area contributed by atoms with Crippen LogP contribution in [0.3, 0.4) is 0 Å². The summed E-state index contributed by atoms with van der Waals surface area (Å²) in [5, 5.41) is 10.7. The molecule has 1 aliphatic heterocycles. The standard InChI is InChI=1S/C29H26F2N6S/c1-3-18(16-37-12-10-29(30,31)17-37)14-19(4-2)22-7-8-23-26(33-22)27(36-35-23)24-15-21-20(25-6-5-13-38-25)9-11-32-28(21)34-24/h3-9,11,13-15H,1,10,12,16-17H2,2H3,(H,32,34)(H,35,36)/b18-14+,19-4+. The third kappa shape index (κ3) is 4.59. The van der Waals surface area contributed by atoms with Crippen molar-refractivity contribution in [1.82, 2.24) is 30.0 Å². The molecule has 0 saturated carbocycles. The minimum absolute atomic E-state index is 0.104. The first-order chi connectivity index (χ1) is 18.4. The first-order valence-corrected chi connectivity index (χ1v) is 13.3. The fourth-order valence-electron chi connectivity index (χ4n) is 4.92. The van der Waals surface area contributed by atoms with E-state index in [1.807, 2.05) is 49.5 Å². The molecule has 2 N–H and O–H groups in total. The largest absolute Gasteiger partial charge is 0.338 e. The first-order valence-electron chi connectivity index (χ1n) is 12.4. The Kier molecular flexibility index (Phi) is 6.25. The summed E-state index contributed by atoms with van der Waals surface area (Å²) in [6, 6.07) is 12.1. The van der Waals surface area contributed by atoms with Gasteiger partial charge in [-0.3, -0.25) is 10.00 Å². The number of rotatable bonds is 7. The van der Waals surface area contributed by atoms with Gasteiger partial charge in [0.25, 0.3) is 5.92 Å². The van der Waals surface area contributed by atoms with Gasteiger partial charge in [0.1, 0.15) is 16.9 Å². The van der Waals surface area contributed by atoms with Crippen molar-refractivity contribution in [3.63, 3.8) is 0 Å². The van der Waals surface area contributed by atoms with Gasteiger partial charge in [-0.05, 0) is 59.9 Å². The summed E-state index contributed by atoms with van der Waals surface area (Å²) >= 11 is 1.69. The van der Waals surface area contributed by atoms with E-state index < -0.39 is 5.92 Å². The SMILES string of the molecule is C=C/C(=C\C(=C/C)c1ccc2[nH]nc(-c3cc4c(-c5cccs5)ccnc4[nH]3)c2n1)CN1CCC(F)(F)C1. The van der Waals surface area contributed by atoms with Crippen LogP contribution in [0, 0.1) is 0 Å². The normalized spacial score (nSPS) is 16.6. The zero-order valence-corrected chi connectivity index (χ0v) is 21.7. The van der Waals surface area contributed by atoms with Crippen LogP contribution in [0.25, 0.3) is 49.5 Å². The van der Waals surface area contributed by atoms with E-state index in [2.05, 4.69) is 44.3 Å². The van der Waals surface area contributed by atoms with Crippen LogP contribution in [0.15, 0.2) is 78.4 Å². The van der Waals surface area contributed by atoms with Crippen molar-refractivity contribution in [2.24, 2.45) is 0 Å². The number of nitrogens with zero attached hydrogens (tertiary/aromatic N) is 4. The molecular weight excluding hydrogens is 502 g/mol. The molecule has 38 heavy (non-hydrogen) atoms. The van der Waals surface area contributed by atoms with Gasteiger partial charge >= 0.3 is 0 Å². The van der Waals surface area contributed by atoms with Crippen molar-refractivity contribution < 1.29 is 8.78 Å². The number of H-pyrrole nitrogens is 2. The molecular formula is C29H26F2N6S. The van der Waals surface area contributed by atoms with Crippen LogP contribution in [0.2, 0.25) is 0 Å². The number of pyridine rings is 2. The monoisotopic (exact) mass is 528 g/mol. The Labute approximate surface area is 222 Å². The average molecular weight is 529 g/mol. The summed E-state index contributed by atoms with van der Waals surface area (Å²) in [7, 11) is 0. The smallest absolute Gasteiger partial charge is 0.261 e. The molecule has 0 aromatic carbocycles. The third-order valence-corrected chi connectivity index (χ3v) is 7.75. The average Bonchev–Trinajstić information content (AvgIpc) is 3.71. The zero-order chi connectivity index (χ0) is 26.3. The van der Waals surface area contributed by atoms with Crippen LogP contribution >= 0.6 is 11.3 Å². The molecule has 1 fully saturated rings. The molecule has 5 aromatic rings. The highest BCUT2D eigenvalue weighted by Gasteiger charge is 2.37. The van der Waals surface area contributed by atoms with Crippen LogP contribution in [0.4, 0.5) is 8.78 Å². The number of nitrogens with one attached hydrogen (secondary N) is 2. The number of alkyl halides is 2. The van der Waals surface area contributed by atoms with Crippen molar-refractivity contribution in [3.8, 4) is 21.8 Å². The molecule has 192 valence electrons. The lowest BCUT2D eigenvalue weighted by molar-refractivity contribution is 0.0131. The summed E-state index contributed by atoms with van der Waals surface area (Å²) in [4.78, 5) is 15.8. The zero-order valence-electron chi connectivity index (χ0n) is 20.8. The van der Waals surface area contributed by atoms with Crippen LogP contribution in [-0.2, 0) is 0 Å². The Morgan fingerprint density at radius 2 is 2.16 bits per heavy atom. The fraction of sp³-hybridized carbons (Fsp3) is 0.207. The van der Waals surface area contributed by atoms with Gasteiger partial charge in [-0.15, -0.1) is 11.3 Å². The van der Waals surface area contributed by atoms with Gasteiger partial charge < -0.3 is 4.98 Å². The highest BCUT2D eigenvalue weighted by molar-refractivity contribution is 7.13. The molecule has 0 radical (unpaired) electrons. The maximum atomic E-state index is 13.7. The number of thiophene rings is 1. The van der Waals surface area contributed by atoms with Gasteiger partial charge in [-0.2, -0.15) is 5.10 Å². The molecule has 5 aromatic heterocycles. The Morgan fingerprint density at radius 3 is 2.89 bits per heavy atom. The Hall–Kier alpha value is -3.95. The lowest BCUT2D eigenvalue weighted by Gasteiger charge is -2.16. The maximum Gasteiger partial charge on any atom is 0.261 e. The predicted molar refractivity (Wildman–Crippen MR) is 150 cm³/mol. The highest BCUT2D eigenvalue weighted by atomic mass is 32.1. The fourth-order valence-corrected chi connectivity index (χ4v) is 5.69. The van der Waals surface area contributed by atoms with Gasteiger partial charge in [-0.1, -0.05) is 24.8 Å².